The molecule has 2 aromatic rings. The van der Waals surface area contributed by atoms with Crippen LogP contribution in [-0.4, -0.2) is 10.1 Å². The summed E-state index contributed by atoms with van der Waals surface area (Å²) < 4.78 is 4.85. The molecule has 1 aromatic heterocycles. The van der Waals surface area contributed by atoms with Gasteiger partial charge in [0.05, 0.1) is 17.9 Å². The van der Waals surface area contributed by atoms with Gasteiger partial charge in [-0.25, -0.2) is 0 Å². The number of aromatic nitrogens is 2. The predicted octanol–water partition coefficient (Wildman–Crippen LogP) is 2.23. The molecule has 0 aliphatic carbocycles. The summed E-state index contributed by atoms with van der Waals surface area (Å²) in [4.78, 5) is 4.07. The smallest absolute Gasteiger partial charge is 0.223 e. The Morgan fingerprint density at radius 2 is 2.31 bits per heavy atom. The molecule has 2 rings (SSSR count). The average molecular weight is 239 g/mol. The second kappa shape index (κ2) is 4.40. The zero-order valence-electron chi connectivity index (χ0n) is 8.70. The number of halogens is 1. The molecule has 0 fully saturated rings. The highest BCUT2D eigenvalue weighted by molar-refractivity contribution is 6.31. The van der Waals surface area contributed by atoms with Crippen LogP contribution in [0.4, 0.5) is 11.4 Å². The van der Waals surface area contributed by atoms with Crippen molar-refractivity contribution >= 4 is 23.0 Å². The third-order valence-electron chi connectivity index (χ3n) is 2.02. The first-order chi connectivity index (χ1) is 7.65. The molecule has 0 saturated carbocycles. The molecule has 6 heteroatoms. The number of hydrogen-bond acceptors (Lipinski definition) is 5. The van der Waals surface area contributed by atoms with E-state index in [2.05, 4.69) is 15.5 Å². The standard InChI is InChI=1S/C10H11ClN4O/c1-6-14-10(15-16-6)5-13-9-3-2-7(11)4-8(9)12/h2-4,13H,5,12H2,1H3. The van der Waals surface area contributed by atoms with Gasteiger partial charge in [0.2, 0.25) is 5.89 Å². The highest BCUT2D eigenvalue weighted by Crippen LogP contribution is 2.22. The van der Waals surface area contributed by atoms with Gasteiger partial charge in [-0.05, 0) is 18.2 Å². The third-order valence-corrected chi connectivity index (χ3v) is 2.26. The fraction of sp³-hybridized carbons (Fsp3) is 0.200. The van der Waals surface area contributed by atoms with Crippen LogP contribution >= 0.6 is 11.6 Å². The summed E-state index contributed by atoms with van der Waals surface area (Å²) in [5, 5.41) is 7.47. The Bertz CT molecular complexity index is 497. The highest BCUT2D eigenvalue weighted by Gasteiger charge is 2.03. The van der Waals surface area contributed by atoms with Gasteiger partial charge in [0.25, 0.3) is 0 Å². The lowest BCUT2D eigenvalue weighted by Gasteiger charge is -2.06. The lowest BCUT2D eigenvalue weighted by Crippen LogP contribution is -2.03. The summed E-state index contributed by atoms with van der Waals surface area (Å²) in [7, 11) is 0. The van der Waals surface area contributed by atoms with Crippen LogP contribution in [-0.2, 0) is 6.54 Å². The van der Waals surface area contributed by atoms with Gasteiger partial charge in [-0.15, -0.1) is 0 Å². The Labute approximate surface area is 97.6 Å². The number of benzene rings is 1. The van der Waals surface area contributed by atoms with Gasteiger partial charge in [-0.2, -0.15) is 4.98 Å². The molecule has 0 saturated heterocycles. The lowest BCUT2D eigenvalue weighted by atomic mass is 10.2. The summed E-state index contributed by atoms with van der Waals surface area (Å²) in [5.41, 5.74) is 7.17. The predicted molar refractivity (Wildman–Crippen MR) is 62.2 cm³/mol. The van der Waals surface area contributed by atoms with Crippen molar-refractivity contribution in [1.82, 2.24) is 10.1 Å². The third kappa shape index (κ3) is 2.43. The molecular weight excluding hydrogens is 228 g/mol. The molecule has 3 N–H and O–H groups in total. The Morgan fingerprint density at radius 1 is 1.50 bits per heavy atom. The van der Waals surface area contributed by atoms with Crippen LogP contribution in [0.25, 0.3) is 0 Å². The van der Waals surface area contributed by atoms with E-state index in [1.54, 1.807) is 19.1 Å². The van der Waals surface area contributed by atoms with Gasteiger partial charge in [-0.3, -0.25) is 0 Å². The number of nitrogens with zero attached hydrogens (tertiary/aromatic N) is 2. The molecule has 0 bridgehead atoms. The van der Waals surface area contributed by atoms with Crippen LogP contribution in [0.2, 0.25) is 5.02 Å². The van der Waals surface area contributed by atoms with E-state index in [1.165, 1.54) is 0 Å². The minimum absolute atomic E-state index is 0.461. The van der Waals surface area contributed by atoms with Crippen LogP contribution in [0.15, 0.2) is 22.7 Å². The van der Waals surface area contributed by atoms with Gasteiger partial charge >= 0.3 is 0 Å². The molecule has 5 nitrogen and oxygen atoms in total. The Hall–Kier alpha value is -1.75. The van der Waals surface area contributed by atoms with Crippen molar-refractivity contribution in [2.24, 2.45) is 0 Å². The largest absolute Gasteiger partial charge is 0.397 e. The van der Waals surface area contributed by atoms with Crippen molar-refractivity contribution in [3.63, 3.8) is 0 Å². The fourth-order valence-electron chi connectivity index (χ4n) is 1.28. The molecule has 0 radical (unpaired) electrons. The summed E-state index contributed by atoms with van der Waals surface area (Å²) in [6.45, 7) is 2.20. The maximum absolute atomic E-state index is 5.79. The maximum atomic E-state index is 5.79. The van der Waals surface area contributed by atoms with E-state index in [4.69, 9.17) is 21.9 Å². The molecule has 84 valence electrons. The van der Waals surface area contributed by atoms with Crippen LogP contribution in [0.5, 0.6) is 0 Å². The normalized spacial score (nSPS) is 10.4. The quantitative estimate of drug-likeness (QED) is 0.802. The van der Waals surface area contributed by atoms with E-state index < -0.39 is 0 Å². The van der Waals surface area contributed by atoms with Crippen LogP contribution in [0, 0.1) is 6.92 Å². The van der Waals surface area contributed by atoms with E-state index in [0.29, 0.717) is 29.0 Å². The second-order valence-electron chi connectivity index (χ2n) is 3.31. The van der Waals surface area contributed by atoms with Crippen molar-refractivity contribution in [2.75, 3.05) is 11.1 Å². The number of rotatable bonds is 3. The monoisotopic (exact) mass is 238 g/mol. The summed E-state index contributed by atoms with van der Waals surface area (Å²) in [6.07, 6.45) is 0. The number of nitrogens with two attached hydrogens (primary N) is 1. The molecule has 1 heterocycles. The van der Waals surface area contributed by atoms with Crippen molar-refractivity contribution in [3.05, 3.63) is 34.9 Å². The van der Waals surface area contributed by atoms with Crippen molar-refractivity contribution in [1.29, 1.82) is 0 Å². The first-order valence-corrected chi connectivity index (χ1v) is 5.11. The molecule has 0 atom stereocenters. The number of hydrogen-bond donors (Lipinski definition) is 2. The molecule has 16 heavy (non-hydrogen) atoms. The number of nitrogens with one attached hydrogen (secondary N) is 1. The number of nitrogen functional groups attached to an aromatic ring is 1. The van der Waals surface area contributed by atoms with Gasteiger partial charge in [-0.1, -0.05) is 16.8 Å². The average Bonchev–Trinajstić information content (AvgIpc) is 2.63. The molecule has 0 unspecified atom stereocenters. The van der Waals surface area contributed by atoms with E-state index in [0.717, 1.165) is 5.69 Å². The van der Waals surface area contributed by atoms with Crippen LogP contribution in [0.1, 0.15) is 11.7 Å². The van der Waals surface area contributed by atoms with Crippen molar-refractivity contribution < 1.29 is 4.52 Å². The van der Waals surface area contributed by atoms with Gasteiger partial charge in [0.1, 0.15) is 0 Å². The summed E-state index contributed by atoms with van der Waals surface area (Å²) >= 11 is 5.79. The van der Waals surface area contributed by atoms with Gasteiger partial charge < -0.3 is 15.6 Å². The topological polar surface area (TPSA) is 77.0 Å². The number of anilines is 2. The summed E-state index contributed by atoms with van der Waals surface area (Å²) in [6, 6.07) is 5.26. The molecule has 0 aliphatic rings. The Kier molecular flexibility index (Phi) is 2.96. The van der Waals surface area contributed by atoms with Gasteiger partial charge in [0.15, 0.2) is 5.82 Å². The van der Waals surface area contributed by atoms with E-state index >= 15 is 0 Å². The molecule has 0 spiro atoms. The minimum atomic E-state index is 0.461. The first-order valence-electron chi connectivity index (χ1n) is 4.73. The molecular formula is C10H11ClN4O. The number of aryl methyl sites for hydroxylation is 1. The molecule has 0 amide bonds. The second-order valence-corrected chi connectivity index (χ2v) is 3.75. The van der Waals surface area contributed by atoms with Crippen molar-refractivity contribution in [3.8, 4) is 0 Å². The SMILES string of the molecule is Cc1nc(CNc2ccc(Cl)cc2N)no1. The van der Waals surface area contributed by atoms with E-state index in [1.807, 2.05) is 6.07 Å². The van der Waals surface area contributed by atoms with Crippen molar-refractivity contribution in [2.45, 2.75) is 13.5 Å². The summed E-state index contributed by atoms with van der Waals surface area (Å²) in [5.74, 6) is 1.13. The fourth-order valence-corrected chi connectivity index (χ4v) is 1.46. The maximum Gasteiger partial charge on any atom is 0.223 e. The zero-order chi connectivity index (χ0) is 11.5. The zero-order valence-corrected chi connectivity index (χ0v) is 9.45. The molecule has 1 aromatic carbocycles. The first kappa shape index (κ1) is 10.8. The lowest BCUT2D eigenvalue weighted by molar-refractivity contribution is 0.388. The van der Waals surface area contributed by atoms with Crippen LogP contribution in [0.3, 0.4) is 0 Å². The van der Waals surface area contributed by atoms with Crippen LogP contribution < -0.4 is 11.1 Å². The van der Waals surface area contributed by atoms with E-state index in [9.17, 15) is 0 Å². The van der Waals surface area contributed by atoms with E-state index in [-0.39, 0.29) is 0 Å². The molecule has 0 aliphatic heterocycles. The minimum Gasteiger partial charge on any atom is -0.397 e. The van der Waals surface area contributed by atoms with Gasteiger partial charge in [0, 0.05) is 11.9 Å². The highest BCUT2D eigenvalue weighted by atomic mass is 35.5. The Morgan fingerprint density at radius 3 is 2.94 bits per heavy atom. The Balaban J connectivity index is 2.04.